The number of carboxylic acids is 1. The number of carbonyl (C=O) groups is 1. The predicted octanol–water partition coefficient (Wildman–Crippen LogP) is 1.66. The van der Waals surface area contributed by atoms with Crippen LogP contribution in [0.15, 0.2) is 12.3 Å². The average Bonchev–Trinajstić information content (AvgIpc) is 2.85. The lowest BCUT2D eigenvalue weighted by molar-refractivity contribution is -0.384. The van der Waals surface area contributed by atoms with Crippen LogP contribution >= 0.6 is 0 Å². The van der Waals surface area contributed by atoms with E-state index in [2.05, 4.69) is 0 Å². The maximum atomic E-state index is 11.0. The van der Waals surface area contributed by atoms with Crippen LogP contribution in [0.5, 0.6) is 0 Å². The van der Waals surface area contributed by atoms with Crippen molar-refractivity contribution in [1.82, 2.24) is 4.57 Å². The van der Waals surface area contributed by atoms with Crippen LogP contribution in [0.4, 0.5) is 5.69 Å². The molecule has 98 valence electrons. The second-order valence-corrected chi connectivity index (χ2v) is 4.44. The largest absolute Gasteiger partial charge is 0.477 e. The van der Waals surface area contributed by atoms with Crippen LogP contribution < -0.4 is 0 Å². The zero-order valence-corrected chi connectivity index (χ0v) is 9.91. The number of carboxylic acid groups (broad SMARTS) is 1. The van der Waals surface area contributed by atoms with Crippen molar-refractivity contribution in [2.24, 2.45) is 0 Å². The first-order chi connectivity index (χ1) is 8.47. The van der Waals surface area contributed by atoms with E-state index in [4.69, 9.17) is 9.84 Å². The third-order valence-corrected chi connectivity index (χ3v) is 3.03. The average molecular weight is 254 g/mol. The molecular weight excluding hydrogens is 240 g/mol. The molecule has 0 bridgehead atoms. The van der Waals surface area contributed by atoms with Crippen molar-refractivity contribution >= 4 is 11.7 Å². The van der Waals surface area contributed by atoms with E-state index in [1.165, 1.54) is 10.8 Å². The molecule has 1 aliphatic rings. The zero-order chi connectivity index (χ0) is 13.3. The molecule has 7 nitrogen and oxygen atoms in total. The Bertz CT molecular complexity index is 482. The summed E-state index contributed by atoms with van der Waals surface area (Å²) in [6.45, 7) is 2.29. The Morgan fingerprint density at radius 1 is 1.67 bits per heavy atom. The first kappa shape index (κ1) is 12.6. The molecule has 0 amide bonds. The van der Waals surface area contributed by atoms with E-state index in [1.54, 1.807) is 0 Å². The summed E-state index contributed by atoms with van der Waals surface area (Å²) in [7, 11) is 0. The van der Waals surface area contributed by atoms with Crippen LogP contribution in [0.3, 0.4) is 0 Å². The second kappa shape index (κ2) is 4.77. The minimum atomic E-state index is -1.17. The quantitative estimate of drug-likeness (QED) is 0.651. The minimum absolute atomic E-state index is 0.0786. The highest BCUT2D eigenvalue weighted by Gasteiger charge is 2.25. The Morgan fingerprint density at radius 3 is 2.89 bits per heavy atom. The molecule has 2 rings (SSSR count). The first-order valence-electron chi connectivity index (χ1n) is 5.70. The van der Waals surface area contributed by atoms with Gasteiger partial charge < -0.3 is 14.4 Å². The number of hydrogen-bond acceptors (Lipinski definition) is 4. The van der Waals surface area contributed by atoms with Gasteiger partial charge in [-0.1, -0.05) is 0 Å². The Hall–Kier alpha value is -1.89. The van der Waals surface area contributed by atoms with Crippen molar-refractivity contribution in [2.75, 3.05) is 0 Å². The van der Waals surface area contributed by atoms with Crippen molar-refractivity contribution in [1.29, 1.82) is 0 Å². The maximum absolute atomic E-state index is 11.0. The Labute approximate surface area is 103 Å². The lowest BCUT2D eigenvalue weighted by Gasteiger charge is -2.12. The smallest absolute Gasteiger partial charge is 0.352 e. The third kappa shape index (κ3) is 2.51. The maximum Gasteiger partial charge on any atom is 0.352 e. The summed E-state index contributed by atoms with van der Waals surface area (Å²) in [5.41, 5.74) is -0.289. The lowest BCUT2D eigenvalue weighted by atomic mass is 10.2. The molecule has 18 heavy (non-hydrogen) atoms. The van der Waals surface area contributed by atoms with Gasteiger partial charge in [-0.2, -0.15) is 0 Å². The summed E-state index contributed by atoms with van der Waals surface area (Å²) in [6, 6.07) is 1.07. The van der Waals surface area contributed by atoms with Gasteiger partial charge in [-0.25, -0.2) is 4.79 Å². The van der Waals surface area contributed by atoms with Crippen molar-refractivity contribution in [3.05, 3.63) is 28.1 Å². The predicted molar refractivity (Wildman–Crippen MR) is 61.6 cm³/mol. The number of aromatic nitrogens is 1. The van der Waals surface area contributed by atoms with Crippen LogP contribution in [-0.4, -0.2) is 32.8 Å². The van der Waals surface area contributed by atoms with Crippen LogP contribution in [0, 0.1) is 10.1 Å². The van der Waals surface area contributed by atoms with E-state index < -0.39 is 10.9 Å². The minimum Gasteiger partial charge on any atom is -0.477 e. The zero-order valence-electron chi connectivity index (χ0n) is 9.91. The molecule has 1 fully saturated rings. The molecule has 2 heterocycles. The van der Waals surface area contributed by atoms with E-state index in [9.17, 15) is 14.9 Å². The monoisotopic (exact) mass is 254 g/mol. The van der Waals surface area contributed by atoms with Crippen molar-refractivity contribution in [2.45, 2.75) is 38.5 Å². The summed E-state index contributed by atoms with van der Waals surface area (Å²) >= 11 is 0. The van der Waals surface area contributed by atoms with Crippen LogP contribution in [0.2, 0.25) is 0 Å². The number of rotatable bonds is 4. The second-order valence-electron chi connectivity index (χ2n) is 4.44. The highest BCUT2D eigenvalue weighted by molar-refractivity contribution is 5.86. The van der Waals surface area contributed by atoms with Gasteiger partial charge in [0.15, 0.2) is 0 Å². The highest BCUT2D eigenvalue weighted by Crippen LogP contribution is 2.23. The first-order valence-corrected chi connectivity index (χ1v) is 5.70. The van der Waals surface area contributed by atoms with Gasteiger partial charge in [0.1, 0.15) is 5.69 Å². The fraction of sp³-hybridized carbons (Fsp3) is 0.545. The molecule has 0 spiro atoms. The molecule has 2 atom stereocenters. The molecule has 7 heteroatoms. The van der Waals surface area contributed by atoms with Gasteiger partial charge in [0.25, 0.3) is 5.69 Å². The molecule has 0 radical (unpaired) electrons. The number of nitro groups is 1. The number of nitrogens with zero attached hydrogens (tertiary/aromatic N) is 2. The van der Waals surface area contributed by atoms with Crippen LogP contribution in [-0.2, 0) is 11.3 Å². The number of hydrogen-bond donors (Lipinski definition) is 1. The van der Waals surface area contributed by atoms with Gasteiger partial charge in [0.2, 0.25) is 0 Å². The summed E-state index contributed by atoms with van der Waals surface area (Å²) in [5.74, 6) is -1.17. The van der Waals surface area contributed by atoms with Crippen molar-refractivity contribution in [3.63, 3.8) is 0 Å². The van der Waals surface area contributed by atoms with Gasteiger partial charge in [0, 0.05) is 12.6 Å². The number of ether oxygens (including phenoxy) is 1. The normalized spacial score (nSPS) is 23.2. The van der Waals surface area contributed by atoms with E-state index in [0.29, 0.717) is 6.54 Å². The van der Waals surface area contributed by atoms with Gasteiger partial charge >= 0.3 is 5.97 Å². The fourth-order valence-electron chi connectivity index (χ4n) is 2.16. The summed E-state index contributed by atoms with van der Waals surface area (Å²) in [6.07, 6.45) is 3.09. The SMILES string of the molecule is CC1CCC(Cn2cc([N+](=O)[O-])cc2C(=O)O)O1. The molecule has 1 aromatic heterocycles. The van der Waals surface area contributed by atoms with Crippen LogP contribution in [0.25, 0.3) is 0 Å². The fourth-order valence-corrected chi connectivity index (χ4v) is 2.16. The van der Waals surface area contributed by atoms with E-state index >= 15 is 0 Å². The van der Waals surface area contributed by atoms with Crippen molar-refractivity contribution < 1.29 is 19.6 Å². The lowest BCUT2D eigenvalue weighted by Crippen LogP contribution is -2.19. The molecule has 1 saturated heterocycles. The van der Waals surface area contributed by atoms with Gasteiger partial charge in [-0.3, -0.25) is 10.1 Å². The van der Waals surface area contributed by atoms with E-state index in [0.717, 1.165) is 18.9 Å². The highest BCUT2D eigenvalue weighted by atomic mass is 16.6. The molecular formula is C11H14N2O5. The number of aromatic carboxylic acids is 1. The molecule has 1 aromatic rings. The molecule has 0 aliphatic carbocycles. The third-order valence-electron chi connectivity index (χ3n) is 3.03. The van der Waals surface area contributed by atoms with Gasteiger partial charge in [-0.15, -0.1) is 0 Å². The Kier molecular flexibility index (Phi) is 3.33. The Balaban J connectivity index is 2.20. The molecule has 0 saturated carbocycles. The van der Waals surface area contributed by atoms with E-state index in [-0.39, 0.29) is 23.6 Å². The van der Waals surface area contributed by atoms with Gasteiger partial charge in [-0.05, 0) is 19.8 Å². The topological polar surface area (TPSA) is 94.6 Å². The van der Waals surface area contributed by atoms with E-state index in [1.807, 2.05) is 6.92 Å². The molecule has 2 unspecified atom stereocenters. The van der Waals surface area contributed by atoms with Gasteiger partial charge in [0.05, 0.1) is 23.3 Å². The Morgan fingerprint density at radius 2 is 2.39 bits per heavy atom. The summed E-state index contributed by atoms with van der Waals surface area (Å²) in [5, 5.41) is 19.6. The van der Waals surface area contributed by atoms with Crippen LogP contribution in [0.1, 0.15) is 30.3 Å². The standard InChI is InChI=1S/C11H14N2O5/c1-7-2-3-9(18-7)6-12-5-8(13(16)17)4-10(12)11(14)15/h4-5,7,9H,2-3,6H2,1H3,(H,14,15). The molecule has 1 aliphatic heterocycles. The molecule has 1 N–H and O–H groups in total. The summed E-state index contributed by atoms with van der Waals surface area (Å²) in [4.78, 5) is 21.1. The summed E-state index contributed by atoms with van der Waals surface area (Å²) < 4.78 is 6.96. The molecule has 0 aromatic carbocycles. The van der Waals surface area contributed by atoms with Crippen molar-refractivity contribution in [3.8, 4) is 0 Å².